The first-order valence-corrected chi connectivity index (χ1v) is 5.41. The van der Waals surface area contributed by atoms with Crippen LogP contribution in [0.1, 0.15) is 0 Å². The Morgan fingerprint density at radius 3 is 2.41 bits per heavy atom. The summed E-state index contributed by atoms with van der Waals surface area (Å²) >= 11 is 5.65. The van der Waals surface area contributed by atoms with Crippen LogP contribution in [0.15, 0.2) is 30.5 Å². The van der Waals surface area contributed by atoms with E-state index in [0.717, 1.165) is 11.9 Å². The highest BCUT2D eigenvalue weighted by molar-refractivity contribution is 6.28. The molecule has 0 amide bonds. The van der Waals surface area contributed by atoms with Gasteiger partial charge in [0, 0.05) is 25.3 Å². The minimum atomic E-state index is -0.480. The highest BCUT2D eigenvalue weighted by Gasteiger charge is 2.08. The summed E-state index contributed by atoms with van der Waals surface area (Å²) in [5.74, 6) is -0.480. The predicted octanol–water partition coefficient (Wildman–Crippen LogP) is 3.00. The van der Waals surface area contributed by atoms with Crippen LogP contribution in [-0.4, -0.2) is 24.1 Å². The average Bonchev–Trinajstić information content (AvgIpc) is 2.32. The van der Waals surface area contributed by atoms with Crippen molar-refractivity contribution in [2.75, 3.05) is 19.0 Å². The molecule has 0 saturated heterocycles. The number of benzene rings is 1. The first kappa shape index (κ1) is 11.8. The number of nitrogens with zero attached hydrogens (tertiary/aromatic N) is 3. The number of hydrogen-bond donors (Lipinski definition) is 0. The maximum atomic E-state index is 13.5. The van der Waals surface area contributed by atoms with Gasteiger partial charge >= 0.3 is 0 Å². The van der Waals surface area contributed by atoms with Gasteiger partial charge in [-0.1, -0.05) is 12.1 Å². The Labute approximate surface area is 104 Å². The third-order valence-corrected chi connectivity index (χ3v) is 2.55. The van der Waals surface area contributed by atoms with E-state index < -0.39 is 5.82 Å². The lowest BCUT2D eigenvalue weighted by molar-refractivity contribution is 0.618. The Hall–Kier alpha value is -1.68. The van der Waals surface area contributed by atoms with Crippen LogP contribution in [0.5, 0.6) is 0 Å². The summed E-state index contributed by atoms with van der Waals surface area (Å²) in [6.45, 7) is 0. The molecule has 0 N–H and O–H groups in total. The Morgan fingerprint density at radius 1 is 1.18 bits per heavy atom. The van der Waals surface area contributed by atoms with Gasteiger partial charge in [0.2, 0.25) is 5.28 Å². The van der Waals surface area contributed by atoms with Gasteiger partial charge in [-0.2, -0.15) is 0 Å². The maximum Gasteiger partial charge on any atom is 0.223 e. The topological polar surface area (TPSA) is 29.0 Å². The minimum Gasteiger partial charge on any atom is -0.378 e. The van der Waals surface area contributed by atoms with Crippen LogP contribution in [0.4, 0.5) is 10.1 Å². The molecule has 1 heterocycles. The fourth-order valence-electron chi connectivity index (χ4n) is 1.47. The van der Waals surface area contributed by atoms with Gasteiger partial charge in [0.25, 0.3) is 0 Å². The summed E-state index contributed by atoms with van der Waals surface area (Å²) in [7, 11) is 3.88. The van der Waals surface area contributed by atoms with Crippen LogP contribution in [0.25, 0.3) is 11.3 Å². The lowest BCUT2D eigenvalue weighted by Gasteiger charge is -2.12. The second-order valence-corrected chi connectivity index (χ2v) is 4.11. The molecule has 0 saturated carbocycles. The fraction of sp³-hybridized carbons (Fsp3) is 0.167. The lowest BCUT2D eigenvalue weighted by atomic mass is 10.1. The van der Waals surface area contributed by atoms with E-state index in [2.05, 4.69) is 9.97 Å². The zero-order valence-electron chi connectivity index (χ0n) is 9.48. The summed E-state index contributed by atoms with van der Waals surface area (Å²) in [6.07, 6.45) is 1.07. The molecule has 5 heteroatoms. The SMILES string of the molecule is CN(C)c1ccc(-c2nc(Cl)ncc2F)cc1. The van der Waals surface area contributed by atoms with E-state index in [-0.39, 0.29) is 11.0 Å². The Bertz CT molecular complexity index is 526. The zero-order chi connectivity index (χ0) is 12.4. The largest absolute Gasteiger partial charge is 0.378 e. The van der Waals surface area contributed by atoms with Crippen molar-refractivity contribution in [3.8, 4) is 11.3 Å². The molecule has 2 aromatic rings. The molecule has 2 rings (SSSR count). The van der Waals surface area contributed by atoms with Crippen LogP contribution in [-0.2, 0) is 0 Å². The van der Waals surface area contributed by atoms with E-state index in [1.807, 2.05) is 31.1 Å². The van der Waals surface area contributed by atoms with Crippen molar-refractivity contribution in [3.05, 3.63) is 41.6 Å². The second kappa shape index (κ2) is 4.67. The summed E-state index contributed by atoms with van der Waals surface area (Å²) in [5.41, 5.74) is 1.93. The van der Waals surface area contributed by atoms with Crippen LogP contribution in [0.2, 0.25) is 5.28 Å². The van der Waals surface area contributed by atoms with Gasteiger partial charge in [-0.25, -0.2) is 14.4 Å². The Kier molecular flexibility index (Phi) is 3.24. The van der Waals surface area contributed by atoms with Crippen molar-refractivity contribution in [2.24, 2.45) is 0 Å². The Balaban J connectivity index is 2.43. The molecule has 88 valence electrons. The maximum absolute atomic E-state index is 13.5. The van der Waals surface area contributed by atoms with E-state index in [9.17, 15) is 4.39 Å². The molecule has 0 fully saturated rings. The van der Waals surface area contributed by atoms with E-state index >= 15 is 0 Å². The first-order chi connectivity index (χ1) is 8.08. The minimum absolute atomic E-state index is 0.0399. The quantitative estimate of drug-likeness (QED) is 0.769. The van der Waals surface area contributed by atoms with Crippen molar-refractivity contribution in [1.29, 1.82) is 0 Å². The molecule has 0 unspecified atom stereocenters. The number of anilines is 1. The normalized spacial score (nSPS) is 10.4. The summed E-state index contributed by atoms with van der Waals surface area (Å²) < 4.78 is 13.5. The zero-order valence-corrected chi connectivity index (χ0v) is 10.2. The highest BCUT2D eigenvalue weighted by Crippen LogP contribution is 2.23. The van der Waals surface area contributed by atoms with Gasteiger partial charge in [0.05, 0.1) is 6.20 Å². The van der Waals surface area contributed by atoms with Crippen molar-refractivity contribution in [2.45, 2.75) is 0 Å². The number of hydrogen-bond acceptors (Lipinski definition) is 3. The molecule has 0 spiro atoms. The molecule has 3 nitrogen and oxygen atoms in total. The van der Waals surface area contributed by atoms with Gasteiger partial charge in [-0.05, 0) is 23.7 Å². The van der Waals surface area contributed by atoms with Crippen molar-refractivity contribution >= 4 is 17.3 Å². The highest BCUT2D eigenvalue weighted by atomic mass is 35.5. The van der Waals surface area contributed by atoms with Gasteiger partial charge < -0.3 is 4.90 Å². The van der Waals surface area contributed by atoms with Crippen molar-refractivity contribution in [1.82, 2.24) is 9.97 Å². The lowest BCUT2D eigenvalue weighted by Crippen LogP contribution is -2.08. The van der Waals surface area contributed by atoms with Gasteiger partial charge in [0.15, 0.2) is 5.82 Å². The number of halogens is 2. The van der Waals surface area contributed by atoms with Gasteiger partial charge in [-0.15, -0.1) is 0 Å². The molecule has 0 atom stereocenters. The van der Waals surface area contributed by atoms with Crippen LogP contribution >= 0.6 is 11.6 Å². The predicted molar refractivity (Wildman–Crippen MR) is 66.8 cm³/mol. The molecule has 0 radical (unpaired) electrons. The summed E-state index contributed by atoms with van der Waals surface area (Å²) in [5, 5.41) is 0.0399. The smallest absolute Gasteiger partial charge is 0.223 e. The average molecular weight is 252 g/mol. The summed E-state index contributed by atoms with van der Waals surface area (Å²) in [4.78, 5) is 9.43. The molecule has 17 heavy (non-hydrogen) atoms. The molecule has 1 aromatic heterocycles. The van der Waals surface area contributed by atoms with Gasteiger partial charge in [-0.3, -0.25) is 0 Å². The van der Waals surface area contributed by atoms with E-state index in [1.165, 1.54) is 0 Å². The molecule has 0 bridgehead atoms. The monoisotopic (exact) mass is 251 g/mol. The second-order valence-electron chi connectivity index (χ2n) is 3.78. The van der Waals surface area contributed by atoms with Crippen molar-refractivity contribution < 1.29 is 4.39 Å². The number of aromatic nitrogens is 2. The first-order valence-electron chi connectivity index (χ1n) is 5.04. The third-order valence-electron chi connectivity index (χ3n) is 2.37. The van der Waals surface area contributed by atoms with Crippen LogP contribution in [0, 0.1) is 5.82 Å². The van der Waals surface area contributed by atoms with Gasteiger partial charge in [0.1, 0.15) is 5.69 Å². The molecular formula is C12H11ClFN3. The molecule has 0 aliphatic carbocycles. The number of rotatable bonds is 2. The van der Waals surface area contributed by atoms with E-state index in [4.69, 9.17) is 11.6 Å². The molecule has 0 aliphatic rings. The van der Waals surface area contributed by atoms with E-state index in [0.29, 0.717) is 5.56 Å². The molecule has 0 aliphatic heterocycles. The van der Waals surface area contributed by atoms with E-state index in [1.54, 1.807) is 12.1 Å². The molecular weight excluding hydrogens is 241 g/mol. The molecule has 1 aromatic carbocycles. The Morgan fingerprint density at radius 2 is 1.82 bits per heavy atom. The van der Waals surface area contributed by atoms with Crippen LogP contribution < -0.4 is 4.90 Å². The third kappa shape index (κ3) is 2.53. The van der Waals surface area contributed by atoms with Crippen molar-refractivity contribution in [3.63, 3.8) is 0 Å². The summed E-state index contributed by atoms with van der Waals surface area (Å²) in [6, 6.07) is 7.39. The fourth-order valence-corrected chi connectivity index (χ4v) is 1.60. The standard InChI is InChI=1S/C12H11ClFN3/c1-17(2)9-5-3-8(4-6-9)11-10(14)7-15-12(13)16-11/h3-7H,1-2H3. The van der Waals surface area contributed by atoms with Crippen LogP contribution in [0.3, 0.4) is 0 Å².